The van der Waals surface area contributed by atoms with Gasteiger partial charge in [0.2, 0.25) is 5.88 Å². The van der Waals surface area contributed by atoms with E-state index < -0.39 is 0 Å². The van der Waals surface area contributed by atoms with Crippen LogP contribution in [0.5, 0.6) is 5.88 Å². The zero-order valence-corrected chi connectivity index (χ0v) is 13.4. The summed E-state index contributed by atoms with van der Waals surface area (Å²) in [5, 5.41) is 4.20. The Hall–Kier alpha value is -1.10. The zero-order valence-electron chi connectivity index (χ0n) is 12.6. The van der Waals surface area contributed by atoms with E-state index in [9.17, 15) is 0 Å². The SMILES string of the molecule is CSC1CCCC1Nc1ccc(N)c(OCC(C)C)n1. The van der Waals surface area contributed by atoms with E-state index in [1.54, 1.807) is 0 Å². The van der Waals surface area contributed by atoms with Crippen LogP contribution in [0.4, 0.5) is 11.5 Å². The molecule has 1 saturated carbocycles. The summed E-state index contributed by atoms with van der Waals surface area (Å²) in [5.74, 6) is 1.87. The smallest absolute Gasteiger partial charge is 0.239 e. The molecule has 2 unspecified atom stereocenters. The van der Waals surface area contributed by atoms with Crippen molar-refractivity contribution in [2.75, 3.05) is 23.9 Å². The molecule has 5 heteroatoms. The summed E-state index contributed by atoms with van der Waals surface area (Å²) in [4.78, 5) is 4.51. The molecule has 1 fully saturated rings. The van der Waals surface area contributed by atoms with Crippen molar-refractivity contribution in [1.82, 2.24) is 4.98 Å². The second-order valence-corrected chi connectivity index (χ2v) is 6.83. The molecule has 0 amide bonds. The molecule has 2 atom stereocenters. The lowest BCUT2D eigenvalue weighted by Crippen LogP contribution is -2.26. The van der Waals surface area contributed by atoms with Crippen molar-refractivity contribution in [2.45, 2.75) is 44.4 Å². The van der Waals surface area contributed by atoms with Crippen molar-refractivity contribution in [3.05, 3.63) is 12.1 Å². The highest BCUT2D eigenvalue weighted by molar-refractivity contribution is 7.99. The molecule has 0 aliphatic heterocycles. The summed E-state index contributed by atoms with van der Waals surface area (Å²) < 4.78 is 5.68. The molecular weight excluding hydrogens is 270 g/mol. The van der Waals surface area contributed by atoms with E-state index in [4.69, 9.17) is 10.5 Å². The van der Waals surface area contributed by atoms with Crippen LogP contribution < -0.4 is 15.8 Å². The summed E-state index contributed by atoms with van der Waals surface area (Å²) in [5.41, 5.74) is 6.52. The average Bonchev–Trinajstić information content (AvgIpc) is 2.86. The summed E-state index contributed by atoms with van der Waals surface area (Å²) >= 11 is 1.94. The van der Waals surface area contributed by atoms with Gasteiger partial charge in [-0.05, 0) is 37.1 Å². The normalized spacial score (nSPS) is 22.2. The second kappa shape index (κ2) is 7.07. The van der Waals surface area contributed by atoms with Gasteiger partial charge in [0.05, 0.1) is 12.3 Å². The van der Waals surface area contributed by atoms with E-state index in [1.165, 1.54) is 19.3 Å². The molecule has 0 saturated heterocycles. The molecule has 1 aliphatic rings. The molecule has 1 aromatic heterocycles. The third-order valence-corrected chi connectivity index (χ3v) is 4.70. The predicted octanol–water partition coefficient (Wildman–Crippen LogP) is 3.39. The van der Waals surface area contributed by atoms with Crippen molar-refractivity contribution in [2.24, 2.45) is 5.92 Å². The molecule has 0 aromatic carbocycles. The van der Waals surface area contributed by atoms with Crippen LogP contribution in [0.3, 0.4) is 0 Å². The monoisotopic (exact) mass is 295 g/mol. The highest BCUT2D eigenvalue weighted by atomic mass is 32.2. The third-order valence-electron chi connectivity index (χ3n) is 3.53. The third kappa shape index (κ3) is 3.95. The van der Waals surface area contributed by atoms with E-state index >= 15 is 0 Å². The maximum Gasteiger partial charge on any atom is 0.239 e. The first-order valence-corrected chi connectivity index (χ1v) is 8.57. The van der Waals surface area contributed by atoms with Crippen molar-refractivity contribution in [3.63, 3.8) is 0 Å². The molecule has 112 valence electrons. The highest BCUT2D eigenvalue weighted by Gasteiger charge is 2.26. The molecule has 3 N–H and O–H groups in total. The van der Waals surface area contributed by atoms with Gasteiger partial charge in [-0.1, -0.05) is 20.3 Å². The van der Waals surface area contributed by atoms with E-state index in [1.807, 2.05) is 23.9 Å². The highest BCUT2D eigenvalue weighted by Crippen LogP contribution is 2.31. The number of nitrogens with one attached hydrogen (secondary N) is 1. The van der Waals surface area contributed by atoms with E-state index in [2.05, 4.69) is 30.4 Å². The summed E-state index contributed by atoms with van der Waals surface area (Å²) in [6.07, 6.45) is 5.96. The lowest BCUT2D eigenvalue weighted by atomic mass is 10.2. The fourth-order valence-corrected chi connectivity index (χ4v) is 3.39. The first-order chi connectivity index (χ1) is 9.60. The lowest BCUT2D eigenvalue weighted by Gasteiger charge is -2.20. The van der Waals surface area contributed by atoms with Crippen LogP contribution in [0.15, 0.2) is 12.1 Å². The number of anilines is 2. The average molecular weight is 295 g/mol. The second-order valence-electron chi connectivity index (χ2n) is 5.75. The number of aromatic nitrogens is 1. The Morgan fingerprint density at radius 3 is 2.95 bits per heavy atom. The van der Waals surface area contributed by atoms with Gasteiger partial charge in [-0.2, -0.15) is 16.7 Å². The Balaban J connectivity index is 2.03. The summed E-state index contributed by atoms with van der Waals surface area (Å²) in [6.45, 7) is 4.86. The summed E-state index contributed by atoms with van der Waals surface area (Å²) in [6, 6.07) is 4.31. The molecule has 20 heavy (non-hydrogen) atoms. The fourth-order valence-electron chi connectivity index (χ4n) is 2.46. The van der Waals surface area contributed by atoms with E-state index in [0.717, 1.165) is 5.82 Å². The number of hydrogen-bond donors (Lipinski definition) is 2. The molecule has 1 heterocycles. The van der Waals surface area contributed by atoms with Crippen LogP contribution in [0.25, 0.3) is 0 Å². The Morgan fingerprint density at radius 1 is 1.45 bits per heavy atom. The van der Waals surface area contributed by atoms with Gasteiger partial charge in [-0.25, -0.2) is 0 Å². The molecular formula is C15H25N3OS. The van der Waals surface area contributed by atoms with Crippen molar-refractivity contribution in [3.8, 4) is 5.88 Å². The predicted molar refractivity (Wildman–Crippen MR) is 87.5 cm³/mol. The van der Waals surface area contributed by atoms with Gasteiger partial charge < -0.3 is 15.8 Å². The maximum absolute atomic E-state index is 5.92. The number of hydrogen-bond acceptors (Lipinski definition) is 5. The van der Waals surface area contributed by atoms with Crippen molar-refractivity contribution in [1.29, 1.82) is 0 Å². The van der Waals surface area contributed by atoms with E-state index in [0.29, 0.717) is 35.4 Å². The van der Waals surface area contributed by atoms with Crippen LogP contribution in [-0.2, 0) is 0 Å². The first-order valence-electron chi connectivity index (χ1n) is 7.28. The molecule has 1 aliphatic carbocycles. The van der Waals surface area contributed by atoms with Crippen LogP contribution >= 0.6 is 11.8 Å². The Morgan fingerprint density at radius 2 is 2.25 bits per heavy atom. The molecule has 4 nitrogen and oxygen atoms in total. The fraction of sp³-hybridized carbons (Fsp3) is 0.667. The van der Waals surface area contributed by atoms with Gasteiger partial charge >= 0.3 is 0 Å². The number of thioether (sulfide) groups is 1. The molecule has 0 spiro atoms. The van der Waals surface area contributed by atoms with Gasteiger partial charge in [-0.15, -0.1) is 0 Å². The number of pyridine rings is 1. The molecule has 0 bridgehead atoms. The minimum absolute atomic E-state index is 0.462. The van der Waals surface area contributed by atoms with Crippen LogP contribution in [0, 0.1) is 5.92 Å². The molecule has 0 radical (unpaired) electrons. The van der Waals surface area contributed by atoms with Gasteiger partial charge in [-0.3, -0.25) is 0 Å². The minimum Gasteiger partial charge on any atom is -0.476 e. The van der Waals surface area contributed by atoms with Crippen LogP contribution in [-0.4, -0.2) is 29.1 Å². The zero-order chi connectivity index (χ0) is 14.5. The topological polar surface area (TPSA) is 60.2 Å². The quantitative estimate of drug-likeness (QED) is 0.842. The standard InChI is InChI=1S/C15H25N3OS/c1-10(2)9-19-15-11(16)7-8-14(18-15)17-12-5-4-6-13(12)20-3/h7-8,10,12-13H,4-6,9,16H2,1-3H3,(H,17,18). The van der Waals surface area contributed by atoms with Crippen molar-refractivity contribution < 1.29 is 4.74 Å². The first kappa shape index (κ1) is 15.3. The molecule has 1 aromatic rings. The largest absolute Gasteiger partial charge is 0.476 e. The number of rotatable bonds is 6. The van der Waals surface area contributed by atoms with E-state index in [-0.39, 0.29) is 0 Å². The number of nitrogens with zero attached hydrogens (tertiary/aromatic N) is 1. The number of ether oxygens (including phenoxy) is 1. The summed E-state index contributed by atoms with van der Waals surface area (Å²) in [7, 11) is 0. The number of nitrogen functional groups attached to an aromatic ring is 1. The van der Waals surface area contributed by atoms with Gasteiger partial charge in [0.1, 0.15) is 5.82 Å². The Bertz CT molecular complexity index is 439. The molecule has 2 rings (SSSR count). The Kier molecular flexibility index (Phi) is 5.40. The van der Waals surface area contributed by atoms with Crippen LogP contribution in [0.1, 0.15) is 33.1 Å². The van der Waals surface area contributed by atoms with Gasteiger partial charge in [0.25, 0.3) is 0 Å². The lowest BCUT2D eigenvalue weighted by molar-refractivity contribution is 0.263. The minimum atomic E-state index is 0.462. The van der Waals surface area contributed by atoms with Gasteiger partial charge in [0.15, 0.2) is 0 Å². The van der Waals surface area contributed by atoms with Crippen molar-refractivity contribution >= 4 is 23.3 Å². The maximum atomic E-state index is 5.92. The Labute approximate surface area is 125 Å². The van der Waals surface area contributed by atoms with Crippen LogP contribution in [0.2, 0.25) is 0 Å². The number of nitrogens with two attached hydrogens (primary N) is 1. The van der Waals surface area contributed by atoms with Gasteiger partial charge in [0, 0.05) is 11.3 Å².